The van der Waals surface area contributed by atoms with Crippen LogP contribution in [0.2, 0.25) is 0 Å². The third-order valence-corrected chi connectivity index (χ3v) is 8.46. The second-order valence-electron chi connectivity index (χ2n) is 10.6. The number of rotatable bonds is 22. The first-order valence-electron chi connectivity index (χ1n) is 14.9. The van der Waals surface area contributed by atoms with Crippen LogP contribution < -0.4 is 69.3 Å². The Labute approximate surface area is 307 Å². The van der Waals surface area contributed by atoms with E-state index < -0.39 is 37.8 Å². The fourth-order valence-corrected chi connectivity index (χ4v) is 5.65. The van der Waals surface area contributed by atoms with Crippen LogP contribution in [0.25, 0.3) is 0 Å². The minimum atomic E-state index is -4.39. The van der Waals surface area contributed by atoms with Crippen molar-refractivity contribution in [3.8, 4) is 0 Å². The number of amides is 1. The third-order valence-electron chi connectivity index (χ3n) is 6.88. The molecule has 1 fully saturated rings. The molecule has 1 aliphatic heterocycles. The molecule has 1 aromatic carbocycles. The van der Waals surface area contributed by atoms with E-state index in [9.17, 15) is 30.7 Å². The van der Waals surface area contributed by atoms with Crippen molar-refractivity contribution in [2.75, 3.05) is 48.0 Å². The first kappa shape index (κ1) is 44.0. The van der Waals surface area contributed by atoms with Gasteiger partial charge in [-0.15, -0.1) is 0 Å². The van der Waals surface area contributed by atoms with E-state index in [1.54, 1.807) is 29.2 Å². The van der Waals surface area contributed by atoms with Gasteiger partial charge >= 0.3 is 65.2 Å². The summed E-state index contributed by atoms with van der Waals surface area (Å²) in [6.07, 6.45) is 10.9. The second kappa shape index (κ2) is 24.2. The van der Waals surface area contributed by atoms with Gasteiger partial charge in [-0.2, -0.15) is 0 Å². The zero-order valence-electron chi connectivity index (χ0n) is 26.5. The van der Waals surface area contributed by atoms with Crippen molar-refractivity contribution in [1.29, 1.82) is 0 Å². The van der Waals surface area contributed by atoms with Crippen LogP contribution in [-0.4, -0.2) is 82.2 Å². The van der Waals surface area contributed by atoms with Crippen molar-refractivity contribution < 1.29 is 104 Å². The smallest absolute Gasteiger partial charge is 0.748 e. The van der Waals surface area contributed by atoms with E-state index in [4.69, 9.17) is 14.2 Å². The Morgan fingerprint density at radius 1 is 0.864 bits per heavy atom. The topological polar surface area (TPSA) is 174 Å². The van der Waals surface area contributed by atoms with Gasteiger partial charge in [-0.25, -0.2) is 21.6 Å². The summed E-state index contributed by atoms with van der Waals surface area (Å²) < 4.78 is 82.4. The number of carbonyl (C=O) groups is 1. The summed E-state index contributed by atoms with van der Waals surface area (Å²) in [6, 6.07) is 6.51. The van der Waals surface area contributed by atoms with Gasteiger partial charge in [0.15, 0.2) is 6.29 Å². The van der Waals surface area contributed by atoms with Crippen molar-refractivity contribution in [1.82, 2.24) is 0 Å². The van der Waals surface area contributed by atoms with E-state index in [-0.39, 0.29) is 104 Å². The zero-order chi connectivity index (χ0) is 30.8. The molecule has 0 spiro atoms. The first-order chi connectivity index (χ1) is 19.9. The molecule has 0 saturated carbocycles. The molecule has 242 valence electrons. The minimum Gasteiger partial charge on any atom is -0.748 e. The van der Waals surface area contributed by atoms with Crippen LogP contribution >= 0.6 is 0 Å². The van der Waals surface area contributed by atoms with Gasteiger partial charge < -0.3 is 28.2 Å². The molecule has 2 rings (SSSR count). The van der Waals surface area contributed by atoms with Gasteiger partial charge in [0.05, 0.1) is 26.8 Å². The largest absolute Gasteiger partial charge is 1.00 e. The molecule has 0 aromatic heterocycles. The zero-order valence-corrected chi connectivity index (χ0v) is 32.2. The number of anilines is 2. The molecule has 1 aliphatic rings. The summed E-state index contributed by atoms with van der Waals surface area (Å²) in [6.45, 7) is 2.97. The maximum atomic E-state index is 12.3. The van der Waals surface area contributed by atoms with Gasteiger partial charge in [-0.1, -0.05) is 58.3 Å². The normalized spacial score (nSPS) is 16.5. The number of nitrogens with one attached hydrogen (secondary N) is 1. The van der Waals surface area contributed by atoms with Crippen molar-refractivity contribution in [3.63, 3.8) is 0 Å². The fraction of sp³-hybridized carbons (Fsp3) is 0.750. The molecule has 1 amide bonds. The summed E-state index contributed by atoms with van der Waals surface area (Å²) in [5, 5.41) is 2.62. The number of benzene rings is 1. The average molecular weight is 681 g/mol. The second-order valence-corrected chi connectivity index (χ2v) is 13.7. The number of carbonyl (C=O) groups excluding carboxylic acids is 1. The van der Waals surface area contributed by atoms with E-state index in [1.165, 1.54) is 44.9 Å². The molecule has 0 aliphatic carbocycles. The van der Waals surface area contributed by atoms with E-state index in [0.717, 1.165) is 19.3 Å². The van der Waals surface area contributed by atoms with Crippen molar-refractivity contribution in [3.05, 3.63) is 24.3 Å². The Hall–Kier alpha value is 0.0300. The van der Waals surface area contributed by atoms with Crippen LogP contribution in [0.15, 0.2) is 24.3 Å². The van der Waals surface area contributed by atoms with Crippen LogP contribution in [0.5, 0.6) is 0 Å². The third kappa shape index (κ3) is 21.8. The number of nitrogens with zero attached hydrogens (tertiary/aromatic N) is 1. The first-order valence-corrected chi connectivity index (χ1v) is 18.0. The van der Waals surface area contributed by atoms with E-state index in [2.05, 4.69) is 12.2 Å². The van der Waals surface area contributed by atoms with Crippen LogP contribution in [0.4, 0.5) is 16.2 Å². The molecule has 16 heteroatoms. The molecule has 1 saturated heterocycles. The van der Waals surface area contributed by atoms with Crippen LogP contribution in [0.3, 0.4) is 0 Å². The number of hydrogen-bond acceptors (Lipinski definition) is 11. The molecule has 1 N–H and O–H groups in total. The Kier molecular flexibility index (Phi) is 24.2. The maximum Gasteiger partial charge on any atom is 1.00 e. The average Bonchev–Trinajstić information content (AvgIpc) is 3.37. The van der Waals surface area contributed by atoms with Gasteiger partial charge in [-0.05, 0) is 49.9 Å². The Morgan fingerprint density at radius 2 is 1.39 bits per heavy atom. The molecule has 2 unspecified atom stereocenters. The summed E-state index contributed by atoms with van der Waals surface area (Å²) in [5.74, 6) is -1.13. The van der Waals surface area contributed by atoms with Crippen molar-refractivity contribution in [2.45, 2.75) is 96.4 Å². The summed E-state index contributed by atoms with van der Waals surface area (Å²) in [4.78, 5) is 14.0. The predicted molar refractivity (Wildman–Crippen MR) is 158 cm³/mol. The monoisotopic (exact) mass is 680 g/mol. The van der Waals surface area contributed by atoms with E-state index in [1.807, 2.05) is 0 Å². The van der Waals surface area contributed by atoms with Gasteiger partial charge in [0, 0.05) is 36.0 Å². The fourth-order valence-electron chi connectivity index (χ4n) is 4.68. The van der Waals surface area contributed by atoms with Crippen molar-refractivity contribution >= 4 is 37.7 Å². The molecular formula is C28H46N2Na2O10S2. The molecule has 0 radical (unpaired) electrons. The van der Waals surface area contributed by atoms with Gasteiger partial charge in [0.25, 0.3) is 0 Å². The minimum absolute atomic E-state index is 0. The van der Waals surface area contributed by atoms with E-state index >= 15 is 0 Å². The van der Waals surface area contributed by atoms with Gasteiger partial charge in [-0.3, -0.25) is 5.32 Å². The number of hydrogen-bond donors (Lipinski definition) is 1. The summed E-state index contributed by atoms with van der Waals surface area (Å²) >= 11 is 0. The predicted octanol–water partition coefficient (Wildman–Crippen LogP) is -1.42. The standard InChI is InChI=1S/C28H48N2O10S2.2Na/c1-2-3-4-5-6-7-8-9-10-13-27-38-22-26(40-27)23-39-28(31)29-24-14-16-25(17-15-24)30(18-11-20-41(32,33)34)19-12-21-42(35,36)37;;/h14-17,26-27H,2-13,18-23H2,1H3,(H,29,31)(H,32,33,34)(H,35,36,37);;/q;2*+1/p-2. The molecule has 2 atom stereocenters. The summed E-state index contributed by atoms with van der Waals surface area (Å²) in [7, 11) is -8.79. The Morgan fingerprint density at radius 3 is 1.91 bits per heavy atom. The van der Waals surface area contributed by atoms with E-state index in [0.29, 0.717) is 18.0 Å². The Bertz CT molecular complexity index is 1090. The SMILES string of the molecule is CCCCCCCCCCCC1OCC(COC(=O)Nc2ccc(N(CCCS(=O)(=O)[O-])CCCS(=O)(=O)[O-])cc2)O1.[Na+].[Na+]. The molecule has 12 nitrogen and oxygen atoms in total. The molecule has 1 heterocycles. The Balaban J connectivity index is 0.00000924. The number of unbranched alkanes of at least 4 members (excludes halogenated alkanes) is 8. The van der Waals surface area contributed by atoms with Gasteiger partial charge in [0.2, 0.25) is 0 Å². The quantitative estimate of drug-likeness (QED) is 0.0865. The van der Waals surface area contributed by atoms with Gasteiger partial charge in [0.1, 0.15) is 12.7 Å². The van der Waals surface area contributed by atoms with Crippen LogP contribution in [0, 0.1) is 0 Å². The van der Waals surface area contributed by atoms with Crippen molar-refractivity contribution in [2.24, 2.45) is 0 Å². The molecule has 0 bridgehead atoms. The number of ether oxygens (including phenoxy) is 3. The summed E-state index contributed by atoms with van der Waals surface area (Å²) in [5.41, 5.74) is 1.05. The van der Waals surface area contributed by atoms with Crippen LogP contribution in [-0.2, 0) is 34.4 Å². The molecule has 1 aromatic rings. The maximum absolute atomic E-state index is 12.3. The molecular weight excluding hydrogens is 634 g/mol. The van der Waals surface area contributed by atoms with Crippen LogP contribution in [0.1, 0.15) is 84.0 Å². The molecule has 44 heavy (non-hydrogen) atoms.